The molecule has 2 fully saturated rings. The molecule has 0 aromatic carbocycles. The van der Waals surface area contributed by atoms with E-state index in [1.165, 1.54) is 38.5 Å². The van der Waals surface area contributed by atoms with Gasteiger partial charge in [0.05, 0.1) is 5.56 Å². The van der Waals surface area contributed by atoms with Crippen LogP contribution in [0.15, 0.2) is 12.3 Å². The smallest absolute Gasteiger partial charge is 0.147 e. The van der Waals surface area contributed by atoms with Crippen molar-refractivity contribution in [2.24, 2.45) is 5.92 Å². The zero-order valence-corrected chi connectivity index (χ0v) is 11.6. The van der Waals surface area contributed by atoms with Gasteiger partial charge in [-0.05, 0) is 50.2 Å². The Bertz CT molecular complexity index is 501. The predicted molar refractivity (Wildman–Crippen MR) is 76.0 cm³/mol. The van der Waals surface area contributed by atoms with Crippen molar-refractivity contribution in [1.82, 2.24) is 4.98 Å². The van der Waals surface area contributed by atoms with E-state index in [9.17, 15) is 5.26 Å². The molecule has 3 heteroatoms. The monoisotopic (exact) mass is 255 g/mol. The van der Waals surface area contributed by atoms with Crippen LogP contribution in [0.3, 0.4) is 0 Å². The Morgan fingerprint density at radius 1 is 1.26 bits per heavy atom. The summed E-state index contributed by atoms with van der Waals surface area (Å²) in [5, 5.41) is 9.41. The summed E-state index contributed by atoms with van der Waals surface area (Å²) in [4.78, 5) is 6.96. The van der Waals surface area contributed by atoms with Gasteiger partial charge >= 0.3 is 0 Å². The van der Waals surface area contributed by atoms with E-state index in [0.29, 0.717) is 6.04 Å². The molecule has 3 rings (SSSR count). The van der Waals surface area contributed by atoms with E-state index in [4.69, 9.17) is 0 Å². The van der Waals surface area contributed by atoms with Crippen LogP contribution in [-0.2, 0) is 0 Å². The zero-order chi connectivity index (χ0) is 13.2. The highest BCUT2D eigenvalue weighted by molar-refractivity contribution is 5.58. The Balaban J connectivity index is 1.96. The van der Waals surface area contributed by atoms with Crippen molar-refractivity contribution in [3.63, 3.8) is 0 Å². The summed E-state index contributed by atoms with van der Waals surface area (Å²) >= 11 is 0. The van der Waals surface area contributed by atoms with Crippen molar-refractivity contribution in [2.45, 2.75) is 51.5 Å². The molecule has 1 saturated heterocycles. The molecule has 1 aromatic rings. The number of rotatable bonds is 1. The highest BCUT2D eigenvalue weighted by Gasteiger charge is 2.34. The Labute approximate surface area is 115 Å². The third-order valence-corrected chi connectivity index (χ3v) is 4.77. The van der Waals surface area contributed by atoms with Gasteiger partial charge < -0.3 is 4.90 Å². The van der Waals surface area contributed by atoms with Crippen LogP contribution < -0.4 is 4.90 Å². The number of pyridine rings is 1. The Hall–Kier alpha value is -1.56. The average Bonchev–Trinajstić information content (AvgIpc) is 2.46. The quantitative estimate of drug-likeness (QED) is 0.772. The van der Waals surface area contributed by atoms with Crippen LogP contribution in [-0.4, -0.2) is 17.6 Å². The third-order valence-electron chi connectivity index (χ3n) is 4.77. The molecule has 2 aliphatic rings. The fourth-order valence-corrected chi connectivity index (χ4v) is 3.79. The summed E-state index contributed by atoms with van der Waals surface area (Å²) in [5.74, 6) is 1.75. The van der Waals surface area contributed by atoms with Crippen molar-refractivity contribution in [2.75, 3.05) is 11.4 Å². The van der Waals surface area contributed by atoms with Crippen LogP contribution in [0.2, 0.25) is 0 Å². The summed E-state index contributed by atoms with van der Waals surface area (Å²) < 4.78 is 0. The minimum atomic E-state index is 0.615. The Kier molecular flexibility index (Phi) is 3.42. The second-order valence-electron chi connectivity index (χ2n) is 5.89. The summed E-state index contributed by atoms with van der Waals surface area (Å²) in [5.41, 5.74) is 1.82. The fourth-order valence-electron chi connectivity index (χ4n) is 3.79. The minimum absolute atomic E-state index is 0.615. The Morgan fingerprint density at radius 3 is 2.89 bits per heavy atom. The van der Waals surface area contributed by atoms with Crippen molar-refractivity contribution in [3.05, 3.63) is 23.4 Å². The first-order valence-corrected chi connectivity index (χ1v) is 7.43. The van der Waals surface area contributed by atoms with Gasteiger partial charge in [0.2, 0.25) is 0 Å². The first-order valence-electron chi connectivity index (χ1n) is 7.43. The molecule has 1 aliphatic heterocycles. The van der Waals surface area contributed by atoms with Crippen molar-refractivity contribution in [1.29, 1.82) is 5.26 Å². The SMILES string of the molecule is Cc1ccnc(N2CCCC3CCCCC32)c1C#N. The van der Waals surface area contributed by atoms with Gasteiger partial charge in [-0.2, -0.15) is 5.26 Å². The summed E-state index contributed by atoms with van der Waals surface area (Å²) in [6, 6.07) is 4.90. The lowest BCUT2D eigenvalue weighted by Gasteiger charge is -2.45. The molecule has 2 heterocycles. The largest absolute Gasteiger partial charge is 0.352 e. The van der Waals surface area contributed by atoms with Gasteiger partial charge in [-0.3, -0.25) is 0 Å². The summed E-state index contributed by atoms with van der Waals surface area (Å²) in [6.45, 7) is 3.07. The van der Waals surface area contributed by atoms with Crippen LogP contribution in [0.1, 0.15) is 49.7 Å². The van der Waals surface area contributed by atoms with Crippen molar-refractivity contribution < 1.29 is 0 Å². The fraction of sp³-hybridized carbons (Fsp3) is 0.625. The molecule has 1 aliphatic carbocycles. The number of anilines is 1. The maximum Gasteiger partial charge on any atom is 0.147 e. The van der Waals surface area contributed by atoms with Crippen LogP contribution in [0.5, 0.6) is 0 Å². The molecule has 0 N–H and O–H groups in total. The molecule has 2 atom stereocenters. The first kappa shape index (κ1) is 12.5. The predicted octanol–water partition coefficient (Wildman–Crippen LogP) is 3.42. The topological polar surface area (TPSA) is 39.9 Å². The second-order valence-corrected chi connectivity index (χ2v) is 5.89. The number of aryl methyl sites for hydroxylation is 1. The molecule has 19 heavy (non-hydrogen) atoms. The van der Waals surface area contributed by atoms with Gasteiger partial charge in [0.15, 0.2) is 0 Å². The maximum absolute atomic E-state index is 9.41. The van der Waals surface area contributed by atoms with E-state index < -0.39 is 0 Å². The summed E-state index contributed by atoms with van der Waals surface area (Å²) in [7, 11) is 0. The van der Waals surface area contributed by atoms with Crippen LogP contribution in [0.25, 0.3) is 0 Å². The molecule has 0 bridgehead atoms. The van der Waals surface area contributed by atoms with Gasteiger partial charge in [0.25, 0.3) is 0 Å². The zero-order valence-electron chi connectivity index (χ0n) is 11.6. The molecule has 1 aromatic heterocycles. The van der Waals surface area contributed by atoms with E-state index in [-0.39, 0.29) is 0 Å². The van der Waals surface area contributed by atoms with Gasteiger partial charge in [-0.25, -0.2) is 4.98 Å². The number of hydrogen-bond donors (Lipinski definition) is 0. The average molecular weight is 255 g/mol. The lowest BCUT2D eigenvalue weighted by molar-refractivity contribution is 0.242. The highest BCUT2D eigenvalue weighted by Crippen LogP contribution is 2.38. The van der Waals surface area contributed by atoms with Gasteiger partial charge in [0, 0.05) is 18.8 Å². The number of fused-ring (bicyclic) bond motifs is 1. The molecular formula is C16H21N3. The summed E-state index contributed by atoms with van der Waals surface area (Å²) in [6.07, 6.45) is 9.77. The van der Waals surface area contributed by atoms with E-state index in [0.717, 1.165) is 29.4 Å². The molecule has 0 radical (unpaired) electrons. The second kappa shape index (κ2) is 5.21. The molecule has 3 nitrogen and oxygen atoms in total. The van der Waals surface area contributed by atoms with Gasteiger partial charge in [-0.15, -0.1) is 0 Å². The Morgan fingerprint density at radius 2 is 2.05 bits per heavy atom. The van der Waals surface area contributed by atoms with E-state index >= 15 is 0 Å². The molecule has 2 unspecified atom stereocenters. The first-order chi connectivity index (χ1) is 9.31. The molecule has 0 spiro atoms. The number of nitrogens with zero attached hydrogens (tertiary/aromatic N) is 3. The van der Waals surface area contributed by atoms with Crippen LogP contribution in [0.4, 0.5) is 5.82 Å². The van der Waals surface area contributed by atoms with E-state index in [2.05, 4.69) is 16.0 Å². The lowest BCUT2D eigenvalue weighted by Crippen LogP contribution is -2.47. The number of hydrogen-bond acceptors (Lipinski definition) is 3. The molecule has 0 amide bonds. The lowest BCUT2D eigenvalue weighted by atomic mass is 9.78. The molecule has 1 saturated carbocycles. The van der Waals surface area contributed by atoms with Crippen molar-refractivity contribution >= 4 is 5.82 Å². The number of piperidine rings is 1. The number of nitriles is 1. The number of aromatic nitrogens is 1. The van der Waals surface area contributed by atoms with Crippen molar-refractivity contribution in [3.8, 4) is 6.07 Å². The van der Waals surface area contributed by atoms with Gasteiger partial charge in [-0.1, -0.05) is 12.8 Å². The molecular weight excluding hydrogens is 234 g/mol. The van der Waals surface area contributed by atoms with Crippen LogP contribution >= 0.6 is 0 Å². The third kappa shape index (κ3) is 2.20. The molecule has 100 valence electrons. The standard InChI is InChI=1S/C16H21N3/c1-12-8-9-18-16(14(12)11-17)19-10-4-6-13-5-2-3-7-15(13)19/h8-9,13,15H,2-7,10H2,1H3. The normalized spacial score (nSPS) is 26.6. The van der Waals surface area contributed by atoms with Gasteiger partial charge in [0.1, 0.15) is 11.9 Å². The maximum atomic E-state index is 9.41. The highest BCUT2D eigenvalue weighted by atomic mass is 15.2. The van der Waals surface area contributed by atoms with Crippen LogP contribution in [0, 0.1) is 24.2 Å². The van der Waals surface area contributed by atoms with E-state index in [1.807, 2.05) is 19.2 Å². The van der Waals surface area contributed by atoms with E-state index in [1.54, 1.807) is 0 Å². The minimum Gasteiger partial charge on any atom is -0.352 e.